The van der Waals surface area contributed by atoms with E-state index in [1.807, 2.05) is 0 Å². The van der Waals surface area contributed by atoms with Crippen LogP contribution in [0.4, 0.5) is 19.0 Å². The van der Waals surface area contributed by atoms with Crippen molar-refractivity contribution in [2.45, 2.75) is 25.1 Å². The number of aromatic nitrogens is 3. The number of pyridine rings is 1. The highest BCUT2D eigenvalue weighted by molar-refractivity contribution is 6.06. The molecule has 162 valence electrons. The molecule has 0 saturated carbocycles. The molecular formula is C21H21F3N6O. The lowest BCUT2D eigenvalue weighted by atomic mass is 9.97. The summed E-state index contributed by atoms with van der Waals surface area (Å²) in [6, 6.07) is 4.74. The second kappa shape index (κ2) is 8.10. The predicted molar refractivity (Wildman–Crippen MR) is 110 cm³/mol. The summed E-state index contributed by atoms with van der Waals surface area (Å²) in [6.07, 6.45) is 0.626. The number of hydrogen-bond acceptors (Lipinski definition) is 6. The van der Waals surface area contributed by atoms with Gasteiger partial charge in [0.05, 0.1) is 5.56 Å². The van der Waals surface area contributed by atoms with Gasteiger partial charge >= 0.3 is 6.18 Å². The lowest BCUT2D eigenvalue weighted by Gasteiger charge is -2.30. The van der Waals surface area contributed by atoms with Crippen molar-refractivity contribution in [2.24, 2.45) is 5.73 Å². The number of fused-ring (bicyclic) bond motifs is 1. The van der Waals surface area contributed by atoms with Crippen LogP contribution in [-0.2, 0) is 6.18 Å². The van der Waals surface area contributed by atoms with Crippen molar-refractivity contribution in [3.63, 3.8) is 0 Å². The number of carbonyl (C=O) groups excluding carboxylic acids is 1. The van der Waals surface area contributed by atoms with Crippen LogP contribution in [0.1, 0.15) is 28.8 Å². The van der Waals surface area contributed by atoms with Gasteiger partial charge in [-0.1, -0.05) is 6.07 Å². The van der Waals surface area contributed by atoms with Gasteiger partial charge in [-0.05, 0) is 44.6 Å². The number of alkyl halides is 3. The van der Waals surface area contributed by atoms with Crippen molar-refractivity contribution >= 4 is 22.5 Å². The van der Waals surface area contributed by atoms with E-state index in [2.05, 4.69) is 32.4 Å². The van der Waals surface area contributed by atoms with Crippen molar-refractivity contribution in [1.82, 2.24) is 20.1 Å². The van der Waals surface area contributed by atoms with Crippen molar-refractivity contribution in [3.8, 4) is 11.3 Å². The van der Waals surface area contributed by atoms with Gasteiger partial charge in [0.25, 0.3) is 0 Å². The summed E-state index contributed by atoms with van der Waals surface area (Å²) in [6.45, 7) is 1.89. The normalized spacial score (nSPS) is 17.6. The molecule has 0 aliphatic carbocycles. The SMILES string of the molecule is CN1CCC[C@@H](Nc2nnc(-c3ccc(C(F)(F)F)cc3C(N)=O)c3ccncc23)C1. The average Bonchev–Trinajstić information content (AvgIpc) is 2.73. The minimum absolute atomic E-state index is 0.188. The van der Waals surface area contributed by atoms with Crippen LogP contribution in [0.5, 0.6) is 0 Å². The first-order chi connectivity index (χ1) is 14.7. The highest BCUT2D eigenvalue weighted by Crippen LogP contribution is 2.35. The van der Waals surface area contributed by atoms with Gasteiger partial charge < -0.3 is 16.0 Å². The van der Waals surface area contributed by atoms with Gasteiger partial charge in [-0.25, -0.2) is 0 Å². The number of primary amides is 1. The summed E-state index contributed by atoms with van der Waals surface area (Å²) < 4.78 is 39.4. The number of amides is 1. The second-order valence-corrected chi connectivity index (χ2v) is 7.69. The van der Waals surface area contributed by atoms with Gasteiger partial charge in [-0.2, -0.15) is 13.2 Å². The van der Waals surface area contributed by atoms with Crippen LogP contribution in [0, 0.1) is 0 Å². The molecule has 1 saturated heterocycles. The molecule has 1 aliphatic rings. The van der Waals surface area contributed by atoms with Gasteiger partial charge in [0.1, 0.15) is 5.69 Å². The Hall–Kier alpha value is -3.27. The van der Waals surface area contributed by atoms with E-state index in [-0.39, 0.29) is 22.9 Å². The Morgan fingerprint density at radius 1 is 1.23 bits per heavy atom. The van der Waals surface area contributed by atoms with Crippen molar-refractivity contribution < 1.29 is 18.0 Å². The van der Waals surface area contributed by atoms with Gasteiger partial charge in [-0.15, -0.1) is 10.2 Å². The zero-order valence-electron chi connectivity index (χ0n) is 16.8. The van der Waals surface area contributed by atoms with Crippen LogP contribution in [0.3, 0.4) is 0 Å². The minimum Gasteiger partial charge on any atom is -0.366 e. The topological polar surface area (TPSA) is 97.0 Å². The maximum absolute atomic E-state index is 13.1. The smallest absolute Gasteiger partial charge is 0.366 e. The molecule has 1 aromatic carbocycles. The fraction of sp³-hybridized carbons (Fsp3) is 0.333. The standard InChI is InChI=1S/C21H21F3N6O/c1-30-8-2-3-13(11-30)27-20-17-10-26-7-6-15(17)18(28-29-20)14-5-4-12(21(22,23)24)9-16(14)19(25)31/h4-7,9-10,13H,2-3,8,11H2,1H3,(H2,25,31)(H,27,29)/t13-/m1/s1. The van der Waals surface area contributed by atoms with E-state index in [1.165, 1.54) is 6.07 Å². The summed E-state index contributed by atoms with van der Waals surface area (Å²) >= 11 is 0. The fourth-order valence-corrected chi connectivity index (χ4v) is 3.91. The van der Waals surface area contributed by atoms with Gasteiger partial charge in [0, 0.05) is 46.9 Å². The van der Waals surface area contributed by atoms with Gasteiger partial charge in [-0.3, -0.25) is 9.78 Å². The number of rotatable bonds is 4. The zero-order valence-corrected chi connectivity index (χ0v) is 16.8. The molecule has 3 N–H and O–H groups in total. The first kappa shape index (κ1) is 21.0. The van der Waals surface area contributed by atoms with Crippen LogP contribution in [-0.4, -0.2) is 52.2 Å². The van der Waals surface area contributed by atoms with E-state index >= 15 is 0 Å². The van der Waals surface area contributed by atoms with Crippen LogP contribution in [0.2, 0.25) is 0 Å². The molecule has 2 aromatic heterocycles. The predicted octanol–water partition coefficient (Wildman–Crippen LogP) is 3.32. The Kier molecular flexibility index (Phi) is 5.48. The highest BCUT2D eigenvalue weighted by Gasteiger charge is 2.32. The monoisotopic (exact) mass is 430 g/mol. The number of likely N-dealkylation sites (tertiary alicyclic amines) is 1. The van der Waals surface area contributed by atoms with E-state index in [0.29, 0.717) is 16.6 Å². The molecule has 1 amide bonds. The van der Waals surface area contributed by atoms with Crippen molar-refractivity contribution in [3.05, 3.63) is 47.8 Å². The molecule has 31 heavy (non-hydrogen) atoms. The number of nitrogens with one attached hydrogen (secondary N) is 1. The molecule has 0 spiro atoms. The minimum atomic E-state index is -4.60. The molecular weight excluding hydrogens is 409 g/mol. The Morgan fingerprint density at radius 2 is 2.03 bits per heavy atom. The molecule has 10 heteroatoms. The summed E-state index contributed by atoms with van der Waals surface area (Å²) in [5.74, 6) is -0.433. The lowest BCUT2D eigenvalue weighted by molar-refractivity contribution is -0.137. The number of likely N-dealkylation sites (N-methyl/N-ethyl adjacent to an activating group) is 1. The number of nitrogens with two attached hydrogens (primary N) is 1. The van der Waals surface area contributed by atoms with Crippen LogP contribution in [0.15, 0.2) is 36.7 Å². The number of carbonyl (C=O) groups is 1. The third kappa shape index (κ3) is 4.29. The molecule has 1 atom stereocenters. The average molecular weight is 430 g/mol. The molecule has 0 unspecified atom stereocenters. The third-order valence-corrected chi connectivity index (χ3v) is 5.41. The summed E-state index contributed by atoms with van der Waals surface area (Å²) in [5.41, 5.74) is 4.63. The molecule has 1 aliphatic heterocycles. The Balaban J connectivity index is 1.80. The zero-order chi connectivity index (χ0) is 22.2. The molecule has 0 radical (unpaired) electrons. The number of piperidine rings is 1. The Bertz CT molecular complexity index is 1130. The van der Waals surface area contributed by atoms with E-state index in [9.17, 15) is 18.0 Å². The van der Waals surface area contributed by atoms with E-state index in [4.69, 9.17) is 5.73 Å². The van der Waals surface area contributed by atoms with Gasteiger partial charge in [0.2, 0.25) is 5.91 Å². The van der Waals surface area contributed by atoms with E-state index in [0.717, 1.165) is 38.1 Å². The summed E-state index contributed by atoms with van der Waals surface area (Å²) in [4.78, 5) is 18.3. The Labute approximate surface area is 176 Å². The molecule has 3 heterocycles. The largest absolute Gasteiger partial charge is 0.416 e. The number of benzene rings is 1. The maximum atomic E-state index is 13.1. The fourth-order valence-electron chi connectivity index (χ4n) is 3.91. The molecule has 0 bridgehead atoms. The number of nitrogens with zero attached hydrogens (tertiary/aromatic N) is 4. The van der Waals surface area contributed by atoms with Crippen molar-refractivity contribution in [1.29, 1.82) is 0 Å². The third-order valence-electron chi connectivity index (χ3n) is 5.41. The van der Waals surface area contributed by atoms with Crippen LogP contribution < -0.4 is 11.1 Å². The van der Waals surface area contributed by atoms with E-state index < -0.39 is 17.6 Å². The lowest BCUT2D eigenvalue weighted by Crippen LogP contribution is -2.40. The number of hydrogen-bond donors (Lipinski definition) is 2. The Morgan fingerprint density at radius 3 is 2.74 bits per heavy atom. The number of halogens is 3. The maximum Gasteiger partial charge on any atom is 0.416 e. The first-order valence-electron chi connectivity index (χ1n) is 9.81. The summed E-state index contributed by atoms with van der Waals surface area (Å²) in [7, 11) is 2.05. The van der Waals surface area contributed by atoms with Crippen LogP contribution in [0.25, 0.3) is 22.0 Å². The number of anilines is 1. The quantitative estimate of drug-likeness (QED) is 0.659. The molecule has 3 aromatic rings. The van der Waals surface area contributed by atoms with E-state index in [1.54, 1.807) is 18.5 Å². The molecule has 4 rings (SSSR count). The van der Waals surface area contributed by atoms with Crippen LogP contribution >= 0.6 is 0 Å². The van der Waals surface area contributed by atoms with Crippen molar-refractivity contribution in [2.75, 3.05) is 25.5 Å². The molecule has 1 fully saturated rings. The molecule has 7 nitrogen and oxygen atoms in total. The summed E-state index contributed by atoms with van der Waals surface area (Å²) in [5, 5.41) is 13.2. The first-order valence-corrected chi connectivity index (χ1v) is 9.81. The van der Waals surface area contributed by atoms with Gasteiger partial charge in [0.15, 0.2) is 5.82 Å². The second-order valence-electron chi connectivity index (χ2n) is 7.69. The highest BCUT2D eigenvalue weighted by atomic mass is 19.4.